The standard InChI is InChI=1S/C18H26N2O3/c1-3-17(21)19-15-10-12-20(13-11-15)18(22)9-6-14-4-7-16(23-2)8-5-14/h4-5,7-8,15H,3,6,9-13H2,1-2H3,(H,19,21). The Morgan fingerprint density at radius 2 is 1.87 bits per heavy atom. The molecule has 2 amide bonds. The second-order valence-electron chi connectivity index (χ2n) is 5.92. The maximum atomic E-state index is 12.3. The maximum absolute atomic E-state index is 12.3. The van der Waals surface area contributed by atoms with Crippen LogP contribution in [0.25, 0.3) is 0 Å². The number of hydrogen-bond acceptors (Lipinski definition) is 3. The smallest absolute Gasteiger partial charge is 0.222 e. The first-order valence-electron chi connectivity index (χ1n) is 8.32. The normalized spacial score (nSPS) is 15.3. The molecule has 1 saturated heterocycles. The average molecular weight is 318 g/mol. The molecule has 1 fully saturated rings. The molecule has 2 rings (SSSR count). The fourth-order valence-electron chi connectivity index (χ4n) is 2.80. The van der Waals surface area contributed by atoms with E-state index in [0.717, 1.165) is 43.7 Å². The summed E-state index contributed by atoms with van der Waals surface area (Å²) in [7, 11) is 1.64. The minimum absolute atomic E-state index is 0.0919. The van der Waals surface area contributed by atoms with Gasteiger partial charge in [-0.2, -0.15) is 0 Å². The molecule has 0 aromatic heterocycles. The number of methoxy groups -OCH3 is 1. The summed E-state index contributed by atoms with van der Waals surface area (Å²) in [4.78, 5) is 25.6. The first kappa shape index (κ1) is 17.3. The highest BCUT2D eigenvalue weighted by Gasteiger charge is 2.23. The molecule has 1 heterocycles. The Morgan fingerprint density at radius 1 is 1.22 bits per heavy atom. The van der Waals surface area contributed by atoms with Gasteiger partial charge in [0.05, 0.1) is 7.11 Å². The van der Waals surface area contributed by atoms with Crippen LogP contribution in [0.3, 0.4) is 0 Å². The van der Waals surface area contributed by atoms with E-state index in [4.69, 9.17) is 4.74 Å². The van der Waals surface area contributed by atoms with Crippen LogP contribution >= 0.6 is 0 Å². The van der Waals surface area contributed by atoms with E-state index in [1.807, 2.05) is 36.1 Å². The van der Waals surface area contributed by atoms with Gasteiger partial charge in [0.15, 0.2) is 0 Å². The van der Waals surface area contributed by atoms with Crippen molar-refractivity contribution in [2.45, 2.75) is 45.1 Å². The van der Waals surface area contributed by atoms with Crippen molar-refractivity contribution in [3.05, 3.63) is 29.8 Å². The summed E-state index contributed by atoms with van der Waals surface area (Å²) in [6.45, 7) is 3.32. The number of carbonyl (C=O) groups is 2. The number of rotatable bonds is 6. The number of aryl methyl sites for hydroxylation is 1. The van der Waals surface area contributed by atoms with E-state index in [2.05, 4.69) is 5.32 Å². The van der Waals surface area contributed by atoms with Crippen LogP contribution in [0.4, 0.5) is 0 Å². The molecule has 1 aromatic carbocycles. The van der Waals surface area contributed by atoms with Crippen LogP contribution in [0, 0.1) is 0 Å². The zero-order chi connectivity index (χ0) is 16.7. The summed E-state index contributed by atoms with van der Waals surface area (Å²) < 4.78 is 5.13. The van der Waals surface area contributed by atoms with Crippen molar-refractivity contribution in [1.82, 2.24) is 10.2 Å². The van der Waals surface area contributed by atoms with E-state index in [1.165, 1.54) is 0 Å². The number of nitrogens with one attached hydrogen (secondary N) is 1. The molecular formula is C18H26N2O3. The van der Waals surface area contributed by atoms with Crippen molar-refractivity contribution in [3.8, 4) is 5.75 Å². The van der Waals surface area contributed by atoms with Gasteiger partial charge >= 0.3 is 0 Å². The van der Waals surface area contributed by atoms with E-state index in [1.54, 1.807) is 7.11 Å². The van der Waals surface area contributed by atoms with Crippen LogP contribution < -0.4 is 10.1 Å². The fraction of sp³-hybridized carbons (Fsp3) is 0.556. The van der Waals surface area contributed by atoms with Crippen LogP contribution in [0.15, 0.2) is 24.3 Å². The van der Waals surface area contributed by atoms with Crippen LogP contribution in [0.2, 0.25) is 0 Å². The van der Waals surface area contributed by atoms with Crippen molar-refractivity contribution in [2.75, 3.05) is 20.2 Å². The van der Waals surface area contributed by atoms with Crippen molar-refractivity contribution in [1.29, 1.82) is 0 Å². The first-order valence-corrected chi connectivity index (χ1v) is 8.32. The van der Waals surface area contributed by atoms with Crippen LogP contribution in [-0.4, -0.2) is 43.0 Å². The first-order chi connectivity index (χ1) is 11.1. The van der Waals surface area contributed by atoms with Gasteiger partial charge in [-0.15, -0.1) is 0 Å². The third kappa shape index (κ3) is 5.27. The van der Waals surface area contributed by atoms with Crippen molar-refractivity contribution < 1.29 is 14.3 Å². The van der Waals surface area contributed by atoms with Gasteiger partial charge in [-0.25, -0.2) is 0 Å². The molecule has 5 nitrogen and oxygen atoms in total. The lowest BCUT2D eigenvalue weighted by atomic mass is 10.0. The Hall–Kier alpha value is -2.04. The van der Waals surface area contributed by atoms with Gasteiger partial charge < -0.3 is 15.0 Å². The van der Waals surface area contributed by atoms with Crippen LogP contribution in [0.5, 0.6) is 5.75 Å². The number of nitrogens with zero attached hydrogens (tertiary/aromatic N) is 1. The Morgan fingerprint density at radius 3 is 2.43 bits per heavy atom. The Balaban J connectivity index is 1.73. The second kappa shape index (κ2) is 8.56. The van der Waals surface area contributed by atoms with Gasteiger partial charge in [-0.3, -0.25) is 9.59 Å². The number of hydrogen-bond donors (Lipinski definition) is 1. The third-order valence-electron chi connectivity index (χ3n) is 4.32. The summed E-state index contributed by atoms with van der Waals surface area (Å²) in [5.41, 5.74) is 1.14. The van der Waals surface area contributed by atoms with Gasteiger partial charge in [-0.1, -0.05) is 19.1 Å². The molecule has 0 saturated carbocycles. The molecule has 1 aliphatic rings. The highest BCUT2D eigenvalue weighted by atomic mass is 16.5. The molecule has 1 N–H and O–H groups in total. The molecule has 0 bridgehead atoms. The maximum Gasteiger partial charge on any atom is 0.222 e. The lowest BCUT2D eigenvalue weighted by Gasteiger charge is -2.32. The zero-order valence-electron chi connectivity index (χ0n) is 14.0. The van der Waals surface area contributed by atoms with Gasteiger partial charge in [-0.05, 0) is 37.0 Å². The largest absolute Gasteiger partial charge is 0.497 e. The van der Waals surface area contributed by atoms with Crippen molar-refractivity contribution >= 4 is 11.8 Å². The SMILES string of the molecule is CCC(=O)NC1CCN(C(=O)CCc2ccc(OC)cc2)CC1. The average Bonchev–Trinajstić information content (AvgIpc) is 2.60. The molecular weight excluding hydrogens is 292 g/mol. The second-order valence-corrected chi connectivity index (χ2v) is 5.92. The van der Waals surface area contributed by atoms with Gasteiger partial charge in [0.1, 0.15) is 5.75 Å². The number of benzene rings is 1. The monoisotopic (exact) mass is 318 g/mol. The van der Waals surface area contributed by atoms with Gasteiger partial charge in [0.2, 0.25) is 11.8 Å². The fourth-order valence-corrected chi connectivity index (χ4v) is 2.80. The number of likely N-dealkylation sites (tertiary alicyclic amines) is 1. The number of ether oxygens (including phenoxy) is 1. The highest BCUT2D eigenvalue weighted by molar-refractivity contribution is 5.77. The number of amides is 2. The van der Waals surface area contributed by atoms with Crippen LogP contribution in [0.1, 0.15) is 38.2 Å². The minimum Gasteiger partial charge on any atom is -0.497 e. The topological polar surface area (TPSA) is 58.6 Å². The minimum atomic E-state index is 0.0919. The Labute approximate surface area is 138 Å². The molecule has 23 heavy (non-hydrogen) atoms. The quantitative estimate of drug-likeness (QED) is 0.874. The number of carbonyl (C=O) groups excluding carboxylic acids is 2. The van der Waals surface area contributed by atoms with Gasteiger partial charge in [0.25, 0.3) is 0 Å². The van der Waals surface area contributed by atoms with Crippen molar-refractivity contribution in [2.24, 2.45) is 0 Å². The predicted octanol–water partition coefficient (Wildman–Crippen LogP) is 2.14. The molecule has 0 spiro atoms. The molecule has 1 aliphatic heterocycles. The van der Waals surface area contributed by atoms with E-state index < -0.39 is 0 Å². The Bertz CT molecular complexity index is 520. The summed E-state index contributed by atoms with van der Waals surface area (Å²) >= 11 is 0. The summed E-state index contributed by atoms with van der Waals surface area (Å²) in [6.07, 6.45) is 3.48. The lowest BCUT2D eigenvalue weighted by Crippen LogP contribution is -2.46. The molecule has 0 unspecified atom stereocenters. The van der Waals surface area contributed by atoms with E-state index in [-0.39, 0.29) is 17.9 Å². The van der Waals surface area contributed by atoms with Gasteiger partial charge in [0, 0.05) is 32.0 Å². The molecule has 0 radical (unpaired) electrons. The summed E-state index contributed by atoms with van der Waals surface area (Å²) in [6, 6.07) is 8.05. The van der Waals surface area contributed by atoms with E-state index in [0.29, 0.717) is 12.8 Å². The molecule has 126 valence electrons. The zero-order valence-corrected chi connectivity index (χ0v) is 14.0. The van der Waals surface area contributed by atoms with E-state index in [9.17, 15) is 9.59 Å². The molecule has 0 atom stereocenters. The summed E-state index contributed by atoms with van der Waals surface area (Å²) in [5.74, 6) is 1.12. The highest BCUT2D eigenvalue weighted by Crippen LogP contribution is 2.15. The van der Waals surface area contributed by atoms with Crippen LogP contribution in [-0.2, 0) is 16.0 Å². The van der Waals surface area contributed by atoms with E-state index >= 15 is 0 Å². The Kier molecular flexibility index (Phi) is 6.44. The lowest BCUT2D eigenvalue weighted by molar-refractivity contribution is -0.132. The summed E-state index contributed by atoms with van der Waals surface area (Å²) in [5, 5.41) is 3.01. The molecule has 0 aliphatic carbocycles. The molecule has 1 aromatic rings. The predicted molar refractivity (Wildman–Crippen MR) is 89.4 cm³/mol. The number of piperidine rings is 1. The van der Waals surface area contributed by atoms with Crippen molar-refractivity contribution in [3.63, 3.8) is 0 Å². The third-order valence-corrected chi connectivity index (χ3v) is 4.32. The molecule has 5 heteroatoms.